The average Bonchev–Trinajstić information content (AvgIpc) is 3.10. The minimum atomic E-state index is -1.83. The highest BCUT2D eigenvalue weighted by Gasteiger charge is 2.30. The van der Waals surface area contributed by atoms with Crippen molar-refractivity contribution >= 4 is 23.0 Å². The standard InChI is InChI=1S/C12H11NO3.CH2O3/c1-6-4-8(11(14)7-2-3-7)5-9-10(6)13-12(15)16-9;2-1(3)4/h4-5,7H,2-3H2,1H3,(H,13,15);(H2,2,3,4). The summed E-state index contributed by atoms with van der Waals surface area (Å²) in [6.07, 6.45) is 0.125. The first kappa shape index (κ1) is 13.9. The number of H-pyrrole nitrogens is 1. The van der Waals surface area contributed by atoms with Crippen molar-refractivity contribution in [2.75, 3.05) is 0 Å². The van der Waals surface area contributed by atoms with E-state index in [1.54, 1.807) is 6.07 Å². The van der Waals surface area contributed by atoms with Crippen LogP contribution < -0.4 is 5.76 Å². The van der Waals surface area contributed by atoms with Crippen molar-refractivity contribution in [1.29, 1.82) is 0 Å². The fourth-order valence-corrected chi connectivity index (χ4v) is 1.95. The van der Waals surface area contributed by atoms with Crippen molar-refractivity contribution in [3.05, 3.63) is 33.8 Å². The maximum Gasteiger partial charge on any atom is 0.503 e. The summed E-state index contributed by atoms with van der Waals surface area (Å²) in [5, 5.41) is 13.9. The molecule has 7 nitrogen and oxygen atoms in total. The van der Waals surface area contributed by atoms with Gasteiger partial charge in [-0.2, -0.15) is 0 Å². The number of oxazole rings is 1. The summed E-state index contributed by atoms with van der Waals surface area (Å²) in [4.78, 5) is 34.1. The number of carboxylic acid groups (broad SMARTS) is 2. The summed E-state index contributed by atoms with van der Waals surface area (Å²) in [7, 11) is 0. The summed E-state index contributed by atoms with van der Waals surface area (Å²) < 4.78 is 4.98. The number of Topliss-reactive ketones (excluding diaryl/α,β-unsaturated/α-hetero) is 1. The van der Waals surface area contributed by atoms with Gasteiger partial charge in [0.1, 0.15) is 0 Å². The summed E-state index contributed by atoms with van der Waals surface area (Å²) in [6, 6.07) is 3.47. The smallest absolute Gasteiger partial charge is 0.450 e. The van der Waals surface area contributed by atoms with Crippen LogP contribution in [0.1, 0.15) is 28.8 Å². The van der Waals surface area contributed by atoms with E-state index < -0.39 is 11.9 Å². The molecular formula is C13H13NO6. The number of carbonyl (C=O) groups excluding carboxylic acids is 1. The number of carbonyl (C=O) groups is 2. The molecule has 0 atom stereocenters. The highest BCUT2D eigenvalue weighted by atomic mass is 16.6. The molecule has 1 heterocycles. The van der Waals surface area contributed by atoms with Gasteiger partial charge in [0.15, 0.2) is 11.4 Å². The van der Waals surface area contributed by atoms with Gasteiger partial charge in [0.2, 0.25) is 0 Å². The summed E-state index contributed by atoms with van der Waals surface area (Å²) >= 11 is 0. The highest BCUT2D eigenvalue weighted by Crippen LogP contribution is 2.33. The molecule has 20 heavy (non-hydrogen) atoms. The first-order chi connectivity index (χ1) is 9.38. The van der Waals surface area contributed by atoms with E-state index in [1.807, 2.05) is 13.0 Å². The molecule has 1 aromatic heterocycles. The fraction of sp³-hybridized carbons (Fsp3) is 0.308. The van der Waals surface area contributed by atoms with Crippen molar-refractivity contribution < 1.29 is 24.2 Å². The van der Waals surface area contributed by atoms with E-state index in [-0.39, 0.29) is 11.7 Å². The van der Waals surface area contributed by atoms with E-state index in [4.69, 9.17) is 19.4 Å². The maximum absolute atomic E-state index is 11.9. The van der Waals surface area contributed by atoms with E-state index in [2.05, 4.69) is 4.98 Å². The Kier molecular flexibility index (Phi) is 3.60. The lowest BCUT2D eigenvalue weighted by Crippen LogP contribution is -2.01. The predicted molar refractivity (Wildman–Crippen MR) is 69.3 cm³/mol. The number of aromatic nitrogens is 1. The molecule has 3 N–H and O–H groups in total. The third-order valence-corrected chi connectivity index (χ3v) is 2.96. The number of ketones is 1. The number of benzene rings is 1. The molecule has 0 unspecified atom stereocenters. The van der Waals surface area contributed by atoms with Crippen molar-refractivity contribution in [2.45, 2.75) is 19.8 Å². The van der Waals surface area contributed by atoms with E-state index in [9.17, 15) is 9.59 Å². The van der Waals surface area contributed by atoms with E-state index in [1.165, 1.54) is 0 Å². The molecular weight excluding hydrogens is 266 g/mol. The Hall–Kier alpha value is -2.57. The van der Waals surface area contributed by atoms with Crippen molar-refractivity contribution in [2.24, 2.45) is 5.92 Å². The Balaban J connectivity index is 0.000000328. The lowest BCUT2D eigenvalue weighted by atomic mass is 10.0. The second kappa shape index (κ2) is 5.20. The Morgan fingerprint density at radius 2 is 1.90 bits per heavy atom. The van der Waals surface area contributed by atoms with Gasteiger partial charge < -0.3 is 14.6 Å². The minimum absolute atomic E-state index is 0.161. The van der Waals surface area contributed by atoms with Crippen LogP contribution in [0.4, 0.5) is 4.79 Å². The van der Waals surface area contributed by atoms with Crippen LogP contribution in [-0.4, -0.2) is 27.1 Å². The van der Waals surface area contributed by atoms with Crippen molar-refractivity contribution in [3.63, 3.8) is 0 Å². The zero-order chi connectivity index (χ0) is 14.9. The Morgan fingerprint density at radius 3 is 2.45 bits per heavy atom. The number of fused-ring (bicyclic) bond motifs is 1. The van der Waals surface area contributed by atoms with Gasteiger partial charge in [-0.3, -0.25) is 9.78 Å². The molecule has 1 fully saturated rings. The molecule has 1 aliphatic rings. The molecule has 0 amide bonds. The highest BCUT2D eigenvalue weighted by molar-refractivity contribution is 6.01. The Labute approximate surface area is 112 Å². The molecule has 0 aliphatic heterocycles. The van der Waals surface area contributed by atoms with Gasteiger partial charge in [-0.1, -0.05) is 0 Å². The number of nitrogens with one attached hydrogen (secondary N) is 1. The number of hydrogen-bond acceptors (Lipinski definition) is 4. The number of aromatic amines is 1. The third-order valence-electron chi connectivity index (χ3n) is 2.96. The van der Waals surface area contributed by atoms with Gasteiger partial charge in [-0.25, -0.2) is 9.59 Å². The van der Waals surface area contributed by atoms with Crippen molar-refractivity contribution in [3.8, 4) is 0 Å². The summed E-state index contributed by atoms with van der Waals surface area (Å²) in [6.45, 7) is 1.86. The lowest BCUT2D eigenvalue weighted by molar-refractivity contribution is 0.0967. The molecule has 1 aliphatic carbocycles. The molecule has 0 radical (unpaired) electrons. The number of rotatable bonds is 2. The van der Waals surface area contributed by atoms with Crippen LogP contribution in [0, 0.1) is 12.8 Å². The van der Waals surface area contributed by atoms with Crippen LogP contribution in [0.5, 0.6) is 0 Å². The van der Waals surface area contributed by atoms with E-state index >= 15 is 0 Å². The molecule has 106 valence electrons. The lowest BCUT2D eigenvalue weighted by Gasteiger charge is -2.00. The minimum Gasteiger partial charge on any atom is -0.450 e. The molecule has 0 saturated heterocycles. The van der Waals surface area contributed by atoms with E-state index in [0.29, 0.717) is 16.7 Å². The topological polar surface area (TPSA) is 121 Å². The van der Waals surface area contributed by atoms with Crippen LogP contribution >= 0.6 is 0 Å². The zero-order valence-electron chi connectivity index (χ0n) is 10.7. The van der Waals surface area contributed by atoms with Crippen LogP contribution in [0.3, 0.4) is 0 Å². The van der Waals surface area contributed by atoms with Gasteiger partial charge in [0.25, 0.3) is 0 Å². The third kappa shape index (κ3) is 3.05. The molecule has 1 aromatic carbocycles. The SMILES string of the molecule is Cc1cc(C(=O)C2CC2)cc2oc(=O)[nH]c12.O=C(O)O. The van der Waals surface area contributed by atoms with Crippen molar-refractivity contribution in [1.82, 2.24) is 4.98 Å². The second-order valence-corrected chi connectivity index (χ2v) is 4.60. The monoisotopic (exact) mass is 279 g/mol. The Bertz CT molecular complexity index is 718. The fourth-order valence-electron chi connectivity index (χ4n) is 1.95. The quantitative estimate of drug-likeness (QED) is 0.725. The maximum atomic E-state index is 11.9. The first-order valence-corrected chi connectivity index (χ1v) is 5.98. The zero-order valence-corrected chi connectivity index (χ0v) is 10.7. The largest absolute Gasteiger partial charge is 0.503 e. The number of aryl methyl sites for hydroxylation is 1. The molecule has 7 heteroatoms. The van der Waals surface area contributed by atoms with Gasteiger partial charge in [-0.15, -0.1) is 0 Å². The van der Waals surface area contributed by atoms with Gasteiger partial charge >= 0.3 is 11.9 Å². The number of hydrogen-bond donors (Lipinski definition) is 3. The van der Waals surface area contributed by atoms with E-state index in [0.717, 1.165) is 18.4 Å². The van der Waals surface area contributed by atoms with Crippen LogP contribution in [0.15, 0.2) is 21.3 Å². The predicted octanol–water partition coefficient (Wildman–Crippen LogP) is 2.24. The second-order valence-electron chi connectivity index (χ2n) is 4.60. The molecule has 1 saturated carbocycles. The molecule has 3 rings (SSSR count). The molecule has 0 spiro atoms. The normalized spacial score (nSPS) is 13.7. The van der Waals surface area contributed by atoms with Gasteiger partial charge in [-0.05, 0) is 37.5 Å². The summed E-state index contributed by atoms with van der Waals surface area (Å²) in [5.74, 6) is -0.134. The molecule has 0 bridgehead atoms. The summed E-state index contributed by atoms with van der Waals surface area (Å²) in [5.41, 5.74) is 2.66. The van der Waals surface area contributed by atoms with Gasteiger partial charge in [0, 0.05) is 11.5 Å². The van der Waals surface area contributed by atoms with Gasteiger partial charge in [0.05, 0.1) is 5.52 Å². The van der Waals surface area contributed by atoms with Crippen LogP contribution in [-0.2, 0) is 0 Å². The van der Waals surface area contributed by atoms with Crippen LogP contribution in [0.25, 0.3) is 11.1 Å². The Morgan fingerprint density at radius 1 is 1.30 bits per heavy atom. The first-order valence-electron chi connectivity index (χ1n) is 5.98. The average molecular weight is 279 g/mol. The molecule has 2 aromatic rings. The van der Waals surface area contributed by atoms with Crippen LogP contribution in [0.2, 0.25) is 0 Å².